The molecule has 1 aliphatic carbocycles. The van der Waals surface area contributed by atoms with E-state index in [0.717, 1.165) is 48.6 Å². The Morgan fingerprint density at radius 1 is 0.682 bits per heavy atom. The number of nitrogens with one attached hydrogen (secondary N) is 1. The van der Waals surface area contributed by atoms with Gasteiger partial charge in [0, 0.05) is 46.1 Å². The molecule has 0 saturated heterocycles. The molecule has 0 bridgehead atoms. The fourth-order valence-corrected chi connectivity index (χ4v) is 9.47. The van der Waals surface area contributed by atoms with E-state index >= 15 is 0 Å². The largest absolute Gasteiger partial charge is 0.478 e. The Balaban J connectivity index is 1.28. The van der Waals surface area contributed by atoms with Crippen molar-refractivity contribution in [2.24, 2.45) is 17.2 Å². The van der Waals surface area contributed by atoms with Crippen LogP contribution in [0.5, 0.6) is 0 Å². The summed E-state index contributed by atoms with van der Waals surface area (Å²) in [5, 5.41) is 15.3. The van der Waals surface area contributed by atoms with Crippen molar-refractivity contribution in [2.75, 3.05) is 0 Å². The fourth-order valence-electron chi connectivity index (χ4n) is 9.47. The van der Waals surface area contributed by atoms with Gasteiger partial charge in [0.15, 0.2) is 0 Å². The number of aromatic nitrogens is 4. The Hall–Kier alpha value is -8.26. The van der Waals surface area contributed by atoms with Crippen molar-refractivity contribution in [2.45, 2.75) is 62.9 Å². The summed E-state index contributed by atoms with van der Waals surface area (Å²) >= 11 is 0. The zero-order valence-corrected chi connectivity index (χ0v) is 35.8. The summed E-state index contributed by atoms with van der Waals surface area (Å²) in [7, 11) is 0. The van der Waals surface area contributed by atoms with E-state index in [4.69, 9.17) is 22.2 Å². The molecule has 5 aromatic carbocycles. The number of nitrogens with two attached hydrogens (primary N) is 3. The zero-order chi connectivity index (χ0) is 46.1. The van der Waals surface area contributed by atoms with E-state index in [9.17, 15) is 29.1 Å². The maximum absolute atomic E-state index is 14.0. The van der Waals surface area contributed by atoms with E-state index in [-0.39, 0.29) is 52.3 Å². The number of pyridine rings is 2. The Morgan fingerprint density at radius 2 is 1.33 bits per heavy atom. The van der Waals surface area contributed by atoms with Gasteiger partial charge in [0.05, 0.1) is 39.1 Å². The average molecular weight is 879 g/mol. The number of fused-ring (bicyclic) bond motifs is 3. The number of carboxylic acid groups (broad SMARTS) is 1. The number of hydrogen-bond acceptors (Lipinski definition) is 8. The summed E-state index contributed by atoms with van der Waals surface area (Å²) in [5.74, 6) is -5.18. The molecule has 14 nitrogen and oxygen atoms in total. The first-order chi connectivity index (χ1) is 32.0. The summed E-state index contributed by atoms with van der Waals surface area (Å²) in [6, 6.07) is 35.1. The predicted molar refractivity (Wildman–Crippen MR) is 251 cm³/mol. The molecule has 8 N–H and O–H groups in total. The normalized spacial score (nSPS) is 13.9. The second-order valence-electron chi connectivity index (χ2n) is 16.8. The molecule has 1 fully saturated rings. The standard InChI is InChI=1S/C52H46N8O6/c53-47(61)36(25-29-11-4-1-5-12-29)42-43(49(55)63)44(52(65)66)41(33-19-21-37-31(27-33)15-10-24-56-37)45-46(42)60(35-16-8-3-9-17-35)50(59-45)34-20-22-38-32(28-34)18-23-39(57-38)51(64)58-40(48(54)62)26-30-13-6-2-7-14-30/h1-2,4-7,10-15,18-24,27-28,35-36,40H,3,8-9,16-17,25-26H2,(H2,53,61)(H2,54,62)(H2,55,63)(H,58,64)(H,65,66). The Morgan fingerprint density at radius 3 is 2.00 bits per heavy atom. The Kier molecular flexibility index (Phi) is 11.8. The van der Waals surface area contributed by atoms with Crippen molar-refractivity contribution in [3.05, 3.63) is 161 Å². The Bertz CT molecular complexity index is 3220. The SMILES string of the molecule is NC(=O)c1c(C(=O)O)c(-c2ccc3ncccc3c2)c2nc(-c3ccc4nc(C(=O)NC(Cc5ccccc5)C(N)=O)ccc4c3)n(C3CCCCC3)c2c1C(Cc1ccccc1)C(N)=O. The van der Waals surface area contributed by atoms with E-state index in [1.54, 1.807) is 42.6 Å². The molecule has 2 atom stereocenters. The third kappa shape index (κ3) is 8.31. The van der Waals surface area contributed by atoms with Gasteiger partial charge in [-0.25, -0.2) is 14.8 Å². The van der Waals surface area contributed by atoms with Crippen LogP contribution in [-0.4, -0.2) is 60.3 Å². The van der Waals surface area contributed by atoms with Gasteiger partial charge in [-0.1, -0.05) is 98.1 Å². The second-order valence-corrected chi connectivity index (χ2v) is 16.8. The minimum atomic E-state index is -1.43. The molecule has 4 amide bonds. The van der Waals surface area contributed by atoms with Gasteiger partial charge in [-0.3, -0.25) is 24.2 Å². The fraction of sp³-hybridized carbons (Fsp3) is 0.192. The van der Waals surface area contributed by atoms with Crippen molar-refractivity contribution in [3.8, 4) is 22.5 Å². The van der Waals surface area contributed by atoms with Crippen LogP contribution in [0.2, 0.25) is 0 Å². The number of hydrogen-bond donors (Lipinski definition) is 5. The number of primary amides is 3. The van der Waals surface area contributed by atoms with E-state index in [2.05, 4.69) is 19.9 Å². The van der Waals surface area contributed by atoms with Crippen LogP contribution in [0.15, 0.2) is 128 Å². The van der Waals surface area contributed by atoms with Crippen molar-refractivity contribution in [3.63, 3.8) is 0 Å². The van der Waals surface area contributed by atoms with Gasteiger partial charge in [0.1, 0.15) is 17.6 Å². The molecule has 0 spiro atoms. The zero-order valence-electron chi connectivity index (χ0n) is 35.8. The molecule has 2 unspecified atom stereocenters. The van der Waals surface area contributed by atoms with Crippen molar-refractivity contribution in [1.29, 1.82) is 0 Å². The Labute approximate surface area is 378 Å². The topological polar surface area (TPSA) is 239 Å². The third-order valence-corrected chi connectivity index (χ3v) is 12.6. The molecule has 14 heteroatoms. The summed E-state index contributed by atoms with van der Waals surface area (Å²) in [6.07, 6.45) is 6.23. The second kappa shape index (κ2) is 18.1. The number of carboxylic acids is 1. The molecule has 330 valence electrons. The van der Waals surface area contributed by atoms with Gasteiger partial charge >= 0.3 is 5.97 Å². The van der Waals surface area contributed by atoms with Gasteiger partial charge in [-0.05, 0) is 78.4 Å². The first-order valence-electron chi connectivity index (χ1n) is 21.9. The minimum absolute atomic E-state index is 0.0563. The number of nitrogens with zero attached hydrogens (tertiary/aromatic N) is 4. The lowest BCUT2D eigenvalue weighted by atomic mass is 9.81. The maximum Gasteiger partial charge on any atom is 0.337 e. The molecule has 9 rings (SSSR count). The highest BCUT2D eigenvalue weighted by molar-refractivity contribution is 6.18. The quantitative estimate of drug-likeness (QED) is 0.0730. The smallest absolute Gasteiger partial charge is 0.337 e. The van der Waals surface area contributed by atoms with Crippen LogP contribution in [0, 0.1) is 0 Å². The predicted octanol–water partition coefficient (Wildman–Crippen LogP) is 7.41. The highest BCUT2D eigenvalue weighted by atomic mass is 16.4. The monoisotopic (exact) mass is 878 g/mol. The van der Waals surface area contributed by atoms with E-state index in [1.165, 1.54) is 0 Å². The van der Waals surface area contributed by atoms with Crippen LogP contribution < -0.4 is 22.5 Å². The summed E-state index contributed by atoms with van der Waals surface area (Å²) < 4.78 is 2.06. The first-order valence-corrected chi connectivity index (χ1v) is 21.9. The highest BCUT2D eigenvalue weighted by Gasteiger charge is 2.38. The van der Waals surface area contributed by atoms with Crippen LogP contribution >= 0.6 is 0 Å². The van der Waals surface area contributed by atoms with E-state index in [1.807, 2.05) is 84.9 Å². The number of benzene rings is 5. The molecule has 66 heavy (non-hydrogen) atoms. The molecule has 3 aromatic heterocycles. The van der Waals surface area contributed by atoms with Crippen LogP contribution in [0.1, 0.15) is 92.0 Å². The summed E-state index contributed by atoms with van der Waals surface area (Å²) in [5.41, 5.74) is 22.4. The van der Waals surface area contributed by atoms with E-state index in [0.29, 0.717) is 38.9 Å². The van der Waals surface area contributed by atoms with Crippen LogP contribution in [-0.2, 0) is 22.4 Å². The molecule has 3 heterocycles. The molecule has 0 radical (unpaired) electrons. The van der Waals surface area contributed by atoms with E-state index < -0.39 is 41.6 Å². The molecule has 1 aliphatic rings. The lowest BCUT2D eigenvalue weighted by Gasteiger charge is -2.29. The summed E-state index contributed by atoms with van der Waals surface area (Å²) in [4.78, 5) is 82.1. The van der Waals surface area contributed by atoms with Crippen molar-refractivity contribution >= 4 is 62.4 Å². The van der Waals surface area contributed by atoms with Gasteiger partial charge in [0.2, 0.25) is 17.7 Å². The highest BCUT2D eigenvalue weighted by Crippen LogP contribution is 2.46. The molecular formula is C52H46N8O6. The molecule has 0 aliphatic heterocycles. The number of carbonyl (C=O) groups excluding carboxylic acids is 4. The number of imidazole rings is 1. The van der Waals surface area contributed by atoms with Crippen LogP contribution in [0.25, 0.3) is 55.4 Å². The van der Waals surface area contributed by atoms with Gasteiger partial charge in [0.25, 0.3) is 5.91 Å². The molecule has 1 saturated carbocycles. The van der Waals surface area contributed by atoms with Crippen LogP contribution in [0.3, 0.4) is 0 Å². The number of amides is 4. The molecular weight excluding hydrogens is 833 g/mol. The first kappa shape index (κ1) is 43.0. The van der Waals surface area contributed by atoms with Crippen molar-refractivity contribution in [1.82, 2.24) is 24.8 Å². The van der Waals surface area contributed by atoms with Crippen LogP contribution in [0.4, 0.5) is 0 Å². The maximum atomic E-state index is 14.0. The number of aromatic carboxylic acids is 1. The minimum Gasteiger partial charge on any atom is -0.478 e. The van der Waals surface area contributed by atoms with Gasteiger partial charge in [-0.15, -0.1) is 0 Å². The van der Waals surface area contributed by atoms with Gasteiger partial charge < -0.3 is 32.2 Å². The average Bonchev–Trinajstić information content (AvgIpc) is 3.73. The molecule has 8 aromatic rings. The van der Waals surface area contributed by atoms with Gasteiger partial charge in [-0.2, -0.15) is 0 Å². The number of carbonyl (C=O) groups is 5. The summed E-state index contributed by atoms with van der Waals surface area (Å²) in [6.45, 7) is 0. The lowest BCUT2D eigenvalue weighted by molar-refractivity contribution is -0.120. The third-order valence-electron chi connectivity index (χ3n) is 12.6. The number of rotatable bonds is 14. The lowest BCUT2D eigenvalue weighted by Crippen LogP contribution is -2.46. The van der Waals surface area contributed by atoms with Crippen molar-refractivity contribution < 1.29 is 29.1 Å².